The zero-order valence-corrected chi connectivity index (χ0v) is 20.0. The monoisotopic (exact) mass is 504 g/mol. The summed E-state index contributed by atoms with van der Waals surface area (Å²) in [5.74, 6) is -0.489. The molecule has 34 heavy (non-hydrogen) atoms. The Morgan fingerprint density at radius 3 is 2.76 bits per heavy atom. The van der Waals surface area contributed by atoms with E-state index >= 15 is 0 Å². The van der Waals surface area contributed by atoms with Crippen molar-refractivity contribution in [2.75, 3.05) is 25.2 Å². The number of amides is 1. The molecule has 1 saturated heterocycles. The lowest BCUT2D eigenvalue weighted by Crippen LogP contribution is -2.49. The second kappa shape index (κ2) is 10.1. The van der Waals surface area contributed by atoms with Crippen LogP contribution < -0.4 is 5.32 Å². The number of sulfone groups is 1. The second-order valence-electron chi connectivity index (χ2n) is 8.05. The van der Waals surface area contributed by atoms with Crippen LogP contribution in [0.15, 0.2) is 52.3 Å². The van der Waals surface area contributed by atoms with Gasteiger partial charge in [-0.3, -0.25) is 14.9 Å². The molecular formula is C22H24N4O6S2. The molecular weight excluding hydrogens is 480 g/mol. The number of nitro groups is 1. The van der Waals surface area contributed by atoms with Crippen LogP contribution in [0.4, 0.5) is 5.69 Å². The molecule has 1 aliphatic heterocycles. The van der Waals surface area contributed by atoms with E-state index in [4.69, 9.17) is 4.74 Å². The standard InChI is InChI=1S/C22H24N4O6S2/c1-33-15-5-7-16(8-6-15)34(30,31)13-14-9-10-32-12-18(14)24-21(27)11-20-23-17-3-2-4-19(26(28)29)22(17)25-20/h2-8,14,18H,9-13H2,1H3,(H,23,25)(H,24,27). The van der Waals surface area contributed by atoms with Crippen molar-refractivity contribution in [1.82, 2.24) is 15.3 Å². The molecule has 1 amide bonds. The van der Waals surface area contributed by atoms with Crippen LogP contribution in [0.3, 0.4) is 0 Å². The number of fused-ring (bicyclic) bond motifs is 1. The largest absolute Gasteiger partial charge is 0.379 e. The highest BCUT2D eigenvalue weighted by Gasteiger charge is 2.32. The molecule has 0 spiro atoms. The van der Waals surface area contributed by atoms with Crippen LogP contribution >= 0.6 is 11.8 Å². The first-order valence-corrected chi connectivity index (χ1v) is 13.5. The number of nitrogens with one attached hydrogen (secondary N) is 2. The van der Waals surface area contributed by atoms with Crippen molar-refractivity contribution in [2.24, 2.45) is 5.92 Å². The van der Waals surface area contributed by atoms with E-state index in [1.807, 2.05) is 6.26 Å². The van der Waals surface area contributed by atoms with Gasteiger partial charge in [-0.15, -0.1) is 11.8 Å². The highest BCUT2D eigenvalue weighted by molar-refractivity contribution is 7.98. The van der Waals surface area contributed by atoms with Gasteiger partial charge in [0.2, 0.25) is 5.91 Å². The lowest BCUT2D eigenvalue weighted by Gasteiger charge is -2.32. The summed E-state index contributed by atoms with van der Waals surface area (Å²) in [6.45, 7) is 0.633. The minimum Gasteiger partial charge on any atom is -0.379 e. The predicted molar refractivity (Wildman–Crippen MR) is 128 cm³/mol. The van der Waals surface area contributed by atoms with Crippen molar-refractivity contribution < 1.29 is 22.9 Å². The van der Waals surface area contributed by atoms with Gasteiger partial charge in [-0.2, -0.15) is 0 Å². The fraction of sp³-hybridized carbons (Fsp3) is 0.364. The highest BCUT2D eigenvalue weighted by Crippen LogP contribution is 2.25. The Hall–Kier alpha value is -2.96. The van der Waals surface area contributed by atoms with Crippen LogP contribution in [0.1, 0.15) is 12.2 Å². The molecule has 1 fully saturated rings. The summed E-state index contributed by atoms with van der Waals surface area (Å²) in [4.78, 5) is 31.8. The molecule has 2 unspecified atom stereocenters. The van der Waals surface area contributed by atoms with Crippen LogP contribution in [-0.4, -0.2) is 60.5 Å². The molecule has 0 saturated carbocycles. The summed E-state index contributed by atoms with van der Waals surface area (Å²) in [6, 6.07) is 10.8. The summed E-state index contributed by atoms with van der Waals surface area (Å²) in [5, 5.41) is 14.1. The fourth-order valence-corrected chi connectivity index (χ4v) is 6.13. The summed E-state index contributed by atoms with van der Waals surface area (Å²) in [7, 11) is -3.54. The van der Waals surface area contributed by atoms with Gasteiger partial charge in [-0.1, -0.05) is 6.07 Å². The molecule has 2 aromatic carbocycles. The number of nitro benzene ring substituents is 1. The SMILES string of the molecule is CSc1ccc(S(=O)(=O)CC2CCOCC2NC(=O)Cc2nc3c([N+](=O)[O-])cccc3[nH]2)cc1. The number of carbonyl (C=O) groups excluding carboxylic acids is 1. The Kier molecular flexibility index (Phi) is 7.19. The van der Waals surface area contributed by atoms with E-state index in [2.05, 4.69) is 15.3 Å². The highest BCUT2D eigenvalue weighted by atomic mass is 32.2. The van der Waals surface area contributed by atoms with Crippen LogP contribution in [0.2, 0.25) is 0 Å². The van der Waals surface area contributed by atoms with Gasteiger partial charge in [0.25, 0.3) is 5.69 Å². The number of aromatic nitrogens is 2. The van der Waals surface area contributed by atoms with Gasteiger partial charge in [0.1, 0.15) is 5.82 Å². The van der Waals surface area contributed by atoms with E-state index in [0.29, 0.717) is 18.5 Å². The Bertz CT molecular complexity index is 1310. The van der Waals surface area contributed by atoms with E-state index in [0.717, 1.165) is 4.90 Å². The van der Waals surface area contributed by atoms with Gasteiger partial charge in [0.15, 0.2) is 15.4 Å². The van der Waals surface area contributed by atoms with E-state index in [-0.39, 0.29) is 52.5 Å². The van der Waals surface area contributed by atoms with Gasteiger partial charge in [0.05, 0.1) is 40.2 Å². The maximum Gasteiger partial charge on any atom is 0.297 e. The molecule has 180 valence electrons. The van der Waals surface area contributed by atoms with Crippen molar-refractivity contribution >= 4 is 44.2 Å². The number of rotatable bonds is 8. The number of non-ortho nitro benzene ring substituents is 1. The molecule has 3 aromatic rings. The number of aromatic amines is 1. The van der Waals surface area contributed by atoms with E-state index in [1.165, 1.54) is 17.8 Å². The molecule has 12 heteroatoms. The Morgan fingerprint density at radius 2 is 2.06 bits per heavy atom. The van der Waals surface area contributed by atoms with Gasteiger partial charge < -0.3 is 15.0 Å². The molecule has 2 atom stereocenters. The molecule has 0 bridgehead atoms. The first kappa shape index (κ1) is 24.2. The van der Waals surface area contributed by atoms with E-state index < -0.39 is 20.8 Å². The molecule has 1 aromatic heterocycles. The number of para-hydroxylation sites is 1. The normalized spacial score (nSPS) is 18.6. The fourth-order valence-electron chi connectivity index (χ4n) is 4.01. The number of hydrogen-bond acceptors (Lipinski definition) is 8. The molecule has 4 rings (SSSR count). The molecule has 0 aliphatic carbocycles. The topological polar surface area (TPSA) is 144 Å². The van der Waals surface area contributed by atoms with Crippen molar-refractivity contribution in [3.8, 4) is 0 Å². The number of ether oxygens (including phenoxy) is 1. The summed E-state index contributed by atoms with van der Waals surface area (Å²) < 4.78 is 31.5. The third-order valence-corrected chi connectivity index (χ3v) is 8.36. The van der Waals surface area contributed by atoms with Crippen molar-refractivity contribution in [3.05, 3.63) is 58.4 Å². The van der Waals surface area contributed by atoms with Crippen LogP contribution in [0, 0.1) is 16.0 Å². The number of H-pyrrole nitrogens is 1. The van der Waals surface area contributed by atoms with Gasteiger partial charge >= 0.3 is 0 Å². The average molecular weight is 505 g/mol. The van der Waals surface area contributed by atoms with Crippen molar-refractivity contribution in [3.63, 3.8) is 0 Å². The van der Waals surface area contributed by atoms with Crippen LogP contribution in [-0.2, 0) is 25.8 Å². The molecule has 1 aliphatic rings. The average Bonchev–Trinajstić information content (AvgIpc) is 3.22. The third-order valence-electron chi connectivity index (χ3n) is 5.76. The van der Waals surface area contributed by atoms with Crippen molar-refractivity contribution in [2.45, 2.75) is 28.7 Å². The quantitative estimate of drug-likeness (QED) is 0.271. The summed E-state index contributed by atoms with van der Waals surface area (Å²) in [5.41, 5.74) is 0.513. The molecule has 2 heterocycles. The van der Waals surface area contributed by atoms with Gasteiger partial charge in [-0.25, -0.2) is 13.4 Å². The molecule has 2 N–H and O–H groups in total. The number of benzene rings is 2. The zero-order chi connectivity index (χ0) is 24.3. The smallest absolute Gasteiger partial charge is 0.297 e. The Balaban J connectivity index is 1.44. The third kappa shape index (κ3) is 5.40. The predicted octanol–water partition coefficient (Wildman–Crippen LogP) is 2.73. The van der Waals surface area contributed by atoms with Crippen LogP contribution in [0.25, 0.3) is 11.0 Å². The number of imidazole rings is 1. The van der Waals surface area contributed by atoms with Crippen molar-refractivity contribution in [1.29, 1.82) is 0 Å². The Labute approximate surface area is 200 Å². The minimum absolute atomic E-state index is 0.100. The maximum atomic E-state index is 13.0. The number of thioether (sulfide) groups is 1. The van der Waals surface area contributed by atoms with Gasteiger partial charge in [0, 0.05) is 17.6 Å². The first-order chi connectivity index (χ1) is 16.3. The number of nitrogens with zero attached hydrogens (tertiary/aromatic N) is 2. The Morgan fingerprint density at radius 1 is 1.29 bits per heavy atom. The second-order valence-corrected chi connectivity index (χ2v) is 11.0. The number of carbonyl (C=O) groups is 1. The van der Waals surface area contributed by atoms with E-state index in [1.54, 1.807) is 36.4 Å². The molecule has 10 nitrogen and oxygen atoms in total. The lowest BCUT2D eigenvalue weighted by atomic mass is 9.97. The lowest BCUT2D eigenvalue weighted by molar-refractivity contribution is -0.383. The van der Waals surface area contributed by atoms with Gasteiger partial charge in [-0.05, 0) is 48.9 Å². The zero-order valence-electron chi connectivity index (χ0n) is 18.4. The summed E-state index contributed by atoms with van der Waals surface area (Å²) in [6.07, 6.45) is 2.30. The van der Waals surface area contributed by atoms with E-state index in [9.17, 15) is 23.3 Å². The minimum atomic E-state index is -3.54. The summed E-state index contributed by atoms with van der Waals surface area (Å²) >= 11 is 1.54. The van der Waals surface area contributed by atoms with Crippen LogP contribution in [0.5, 0.6) is 0 Å². The first-order valence-electron chi connectivity index (χ1n) is 10.6. The molecule has 0 radical (unpaired) electrons. The number of hydrogen-bond donors (Lipinski definition) is 2. The maximum absolute atomic E-state index is 13.0.